The van der Waals surface area contributed by atoms with Gasteiger partial charge in [0.2, 0.25) is 0 Å². The number of carbonyl (C=O) groups excluding carboxylic acids is 1. The van der Waals surface area contributed by atoms with Crippen LogP contribution in [0.4, 0.5) is 11.4 Å². The first-order valence-corrected chi connectivity index (χ1v) is 6.22. The van der Waals surface area contributed by atoms with E-state index in [4.69, 9.17) is 17.3 Å². The van der Waals surface area contributed by atoms with Gasteiger partial charge >= 0.3 is 0 Å². The van der Waals surface area contributed by atoms with Crippen LogP contribution >= 0.6 is 27.5 Å². The van der Waals surface area contributed by atoms with E-state index in [2.05, 4.69) is 26.2 Å². The lowest BCUT2D eigenvalue weighted by Crippen LogP contribution is -2.15. The highest BCUT2D eigenvalue weighted by atomic mass is 79.9. The topological polar surface area (TPSA) is 68.0 Å². The van der Waals surface area contributed by atoms with Crippen molar-refractivity contribution >= 4 is 44.8 Å². The van der Waals surface area contributed by atoms with Crippen LogP contribution in [0.3, 0.4) is 0 Å². The molecule has 2 rings (SSSR count). The Kier molecular flexibility index (Phi) is 3.84. The third-order valence-electron chi connectivity index (χ3n) is 2.26. The molecule has 0 aliphatic rings. The summed E-state index contributed by atoms with van der Waals surface area (Å²) in [5, 5.41) is 3.03. The zero-order chi connectivity index (χ0) is 13.1. The molecular weight excluding hydrogens is 318 g/mol. The Bertz CT molecular complexity index is 583. The van der Waals surface area contributed by atoms with Crippen LogP contribution in [0.15, 0.2) is 41.0 Å². The maximum absolute atomic E-state index is 12.0. The molecule has 1 aromatic carbocycles. The number of anilines is 2. The van der Waals surface area contributed by atoms with Crippen LogP contribution in [0.5, 0.6) is 0 Å². The maximum atomic E-state index is 12.0. The Labute approximate surface area is 117 Å². The Morgan fingerprint density at radius 2 is 2.11 bits per heavy atom. The minimum atomic E-state index is -0.373. The van der Waals surface area contributed by atoms with Gasteiger partial charge in [0, 0.05) is 10.7 Å². The van der Waals surface area contributed by atoms with Gasteiger partial charge in [-0.25, -0.2) is 4.98 Å². The van der Waals surface area contributed by atoms with Crippen molar-refractivity contribution in [1.29, 1.82) is 0 Å². The number of carbonyl (C=O) groups is 1. The minimum absolute atomic E-state index is 0.275. The summed E-state index contributed by atoms with van der Waals surface area (Å²) in [5.41, 5.74) is 6.83. The highest BCUT2D eigenvalue weighted by molar-refractivity contribution is 9.10. The van der Waals surface area contributed by atoms with Gasteiger partial charge in [-0.15, -0.1) is 0 Å². The minimum Gasteiger partial charge on any atom is -0.397 e. The van der Waals surface area contributed by atoms with E-state index in [9.17, 15) is 4.79 Å². The third kappa shape index (κ3) is 2.63. The largest absolute Gasteiger partial charge is 0.397 e. The third-order valence-corrected chi connectivity index (χ3v) is 3.21. The lowest BCUT2D eigenvalue weighted by atomic mass is 10.2. The number of halogens is 2. The van der Waals surface area contributed by atoms with Gasteiger partial charge in [0.1, 0.15) is 5.69 Å². The van der Waals surface area contributed by atoms with E-state index in [1.165, 1.54) is 6.20 Å². The van der Waals surface area contributed by atoms with Gasteiger partial charge in [0.25, 0.3) is 5.91 Å². The summed E-state index contributed by atoms with van der Waals surface area (Å²) >= 11 is 9.23. The number of hydrogen-bond acceptors (Lipinski definition) is 3. The number of hydrogen-bond donors (Lipinski definition) is 2. The second-order valence-corrected chi connectivity index (χ2v) is 4.75. The summed E-state index contributed by atoms with van der Waals surface area (Å²) in [6, 6.07) is 8.49. The summed E-state index contributed by atoms with van der Waals surface area (Å²) in [6.45, 7) is 0. The van der Waals surface area contributed by atoms with Crippen LogP contribution < -0.4 is 11.1 Å². The van der Waals surface area contributed by atoms with Gasteiger partial charge in [-0.1, -0.05) is 17.7 Å². The molecule has 0 unspecified atom stereocenters. The molecule has 3 N–H and O–H groups in total. The summed E-state index contributed by atoms with van der Waals surface area (Å²) < 4.78 is 0.605. The van der Waals surface area contributed by atoms with E-state index in [0.29, 0.717) is 20.9 Å². The molecule has 18 heavy (non-hydrogen) atoms. The van der Waals surface area contributed by atoms with Crippen molar-refractivity contribution in [3.05, 3.63) is 51.7 Å². The van der Waals surface area contributed by atoms with Crippen LogP contribution in [0.2, 0.25) is 5.02 Å². The number of amides is 1. The van der Waals surface area contributed by atoms with Crippen molar-refractivity contribution in [2.45, 2.75) is 0 Å². The normalized spacial score (nSPS) is 10.1. The first kappa shape index (κ1) is 12.9. The first-order chi connectivity index (χ1) is 8.59. The SMILES string of the molecule is Nc1cccc(Cl)c1NC(=O)c1ncccc1Br. The molecule has 1 aromatic heterocycles. The molecule has 1 heterocycles. The second-order valence-electron chi connectivity index (χ2n) is 3.49. The summed E-state index contributed by atoms with van der Waals surface area (Å²) in [7, 11) is 0. The summed E-state index contributed by atoms with van der Waals surface area (Å²) in [6.07, 6.45) is 1.54. The predicted molar refractivity (Wildman–Crippen MR) is 75.8 cm³/mol. The summed E-state index contributed by atoms with van der Waals surface area (Å²) in [5.74, 6) is -0.373. The molecule has 0 spiro atoms. The van der Waals surface area contributed by atoms with E-state index in [1.807, 2.05) is 0 Å². The van der Waals surface area contributed by atoms with Gasteiger partial charge in [-0.05, 0) is 40.2 Å². The van der Waals surface area contributed by atoms with Crippen molar-refractivity contribution in [3.8, 4) is 0 Å². The van der Waals surface area contributed by atoms with Crippen molar-refractivity contribution < 1.29 is 4.79 Å². The Hall–Kier alpha value is -1.59. The van der Waals surface area contributed by atoms with Crippen LogP contribution in [-0.4, -0.2) is 10.9 Å². The van der Waals surface area contributed by atoms with Crippen LogP contribution in [-0.2, 0) is 0 Å². The number of nitrogen functional groups attached to an aromatic ring is 1. The molecule has 0 atom stereocenters. The van der Waals surface area contributed by atoms with E-state index in [-0.39, 0.29) is 11.6 Å². The molecule has 0 bridgehead atoms. The van der Waals surface area contributed by atoms with Crippen LogP contribution in [0.1, 0.15) is 10.5 Å². The second kappa shape index (κ2) is 5.37. The van der Waals surface area contributed by atoms with E-state index in [0.717, 1.165) is 0 Å². The Balaban J connectivity index is 2.30. The highest BCUT2D eigenvalue weighted by Gasteiger charge is 2.14. The van der Waals surface area contributed by atoms with E-state index >= 15 is 0 Å². The number of benzene rings is 1. The standard InChI is InChI=1S/C12H9BrClN3O/c13-7-3-2-6-16-10(7)12(18)17-11-8(14)4-1-5-9(11)15/h1-6H,15H2,(H,17,18). The number of rotatable bonds is 2. The fraction of sp³-hybridized carbons (Fsp3) is 0. The zero-order valence-electron chi connectivity index (χ0n) is 9.15. The highest BCUT2D eigenvalue weighted by Crippen LogP contribution is 2.28. The van der Waals surface area contributed by atoms with Crippen molar-refractivity contribution in [2.24, 2.45) is 0 Å². The molecule has 0 saturated heterocycles. The predicted octanol–water partition coefficient (Wildman–Crippen LogP) is 3.33. The van der Waals surface area contributed by atoms with Crippen LogP contribution in [0.25, 0.3) is 0 Å². The van der Waals surface area contributed by atoms with Gasteiger partial charge in [-0.3, -0.25) is 4.79 Å². The smallest absolute Gasteiger partial charge is 0.275 e. The van der Waals surface area contributed by atoms with Crippen molar-refractivity contribution in [3.63, 3.8) is 0 Å². The average Bonchev–Trinajstić information content (AvgIpc) is 2.34. The van der Waals surface area contributed by atoms with Gasteiger partial charge in [0.05, 0.1) is 16.4 Å². The quantitative estimate of drug-likeness (QED) is 0.832. The number of pyridine rings is 1. The number of nitrogens with one attached hydrogen (secondary N) is 1. The van der Waals surface area contributed by atoms with E-state index in [1.54, 1.807) is 30.3 Å². The molecule has 0 aliphatic heterocycles. The summed E-state index contributed by atoms with van der Waals surface area (Å²) in [4.78, 5) is 16.0. The maximum Gasteiger partial charge on any atom is 0.275 e. The number of nitrogens with zero attached hydrogens (tertiary/aromatic N) is 1. The number of nitrogens with two attached hydrogens (primary N) is 1. The fourth-order valence-corrected chi connectivity index (χ4v) is 2.06. The van der Waals surface area contributed by atoms with E-state index < -0.39 is 0 Å². The molecule has 0 saturated carbocycles. The number of para-hydroxylation sites is 1. The molecule has 92 valence electrons. The molecule has 2 aromatic rings. The average molecular weight is 327 g/mol. The molecule has 1 amide bonds. The Morgan fingerprint density at radius 3 is 2.78 bits per heavy atom. The molecule has 4 nitrogen and oxygen atoms in total. The lowest BCUT2D eigenvalue weighted by molar-refractivity contribution is 0.102. The van der Waals surface area contributed by atoms with Crippen LogP contribution in [0, 0.1) is 0 Å². The lowest BCUT2D eigenvalue weighted by Gasteiger charge is -2.10. The molecule has 0 radical (unpaired) electrons. The van der Waals surface area contributed by atoms with Crippen molar-refractivity contribution in [2.75, 3.05) is 11.1 Å². The zero-order valence-corrected chi connectivity index (χ0v) is 11.5. The van der Waals surface area contributed by atoms with Crippen molar-refractivity contribution in [1.82, 2.24) is 4.98 Å². The first-order valence-electron chi connectivity index (χ1n) is 5.05. The van der Waals surface area contributed by atoms with Gasteiger partial charge in [0.15, 0.2) is 0 Å². The molecule has 0 fully saturated rings. The van der Waals surface area contributed by atoms with Gasteiger partial charge < -0.3 is 11.1 Å². The fourth-order valence-electron chi connectivity index (χ4n) is 1.40. The number of aromatic nitrogens is 1. The molecule has 6 heteroatoms. The Morgan fingerprint density at radius 1 is 1.33 bits per heavy atom. The van der Waals surface area contributed by atoms with Gasteiger partial charge in [-0.2, -0.15) is 0 Å². The molecule has 0 aliphatic carbocycles. The molecular formula is C12H9BrClN3O. The monoisotopic (exact) mass is 325 g/mol.